The summed E-state index contributed by atoms with van der Waals surface area (Å²) in [6.07, 6.45) is 4.50. The first-order chi connectivity index (χ1) is 8.24. The molecule has 17 heavy (non-hydrogen) atoms. The van der Waals surface area contributed by atoms with Crippen LogP contribution in [0.25, 0.3) is 0 Å². The number of carbonyl (C=O) groups is 2. The number of carbonyl (C=O) groups excluding carboxylic acids is 2. The smallest absolute Gasteiger partial charge is 0.224 e. The average Bonchev–Trinajstić information content (AvgIpc) is 2.32. The lowest BCUT2D eigenvalue weighted by Crippen LogP contribution is -2.12. The highest BCUT2D eigenvalue weighted by atomic mass is 16.1. The quantitative estimate of drug-likeness (QED) is 0.432. The lowest BCUT2D eigenvalue weighted by Gasteiger charge is -2.07. The zero-order valence-corrected chi connectivity index (χ0v) is 9.82. The van der Waals surface area contributed by atoms with E-state index >= 15 is 0 Å². The number of nitrogen functional groups attached to an aromatic ring is 1. The van der Waals surface area contributed by atoms with E-state index in [2.05, 4.69) is 5.32 Å². The molecule has 0 bridgehead atoms. The Morgan fingerprint density at radius 3 is 2.71 bits per heavy atom. The van der Waals surface area contributed by atoms with Crippen LogP contribution in [0.4, 0.5) is 11.4 Å². The maximum atomic E-state index is 11.6. The Labute approximate surface area is 101 Å². The number of aldehydes is 1. The van der Waals surface area contributed by atoms with Crippen molar-refractivity contribution in [2.24, 2.45) is 0 Å². The third-order valence-electron chi connectivity index (χ3n) is 2.46. The molecule has 1 aromatic rings. The van der Waals surface area contributed by atoms with Crippen molar-refractivity contribution in [2.75, 3.05) is 11.1 Å². The van der Waals surface area contributed by atoms with Crippen LogP contribution in [0.1, 0.15) is 32.1 Å². The molecule has 0 spiro atoms. The number of hydrogen-bond acceptors (Lipinski definition) is 3. The maximum Gasteiger partial charge on any atom is 0.224 e. The monoisotopic (exact) mass is 234 g/mol. The summed E-state index contributed by atoms with van der Waals surface area (Å²) in [4.78, 5) is 21.6. The van der Waals surface area contributed by atoms with Gasteiger partial charge in [-0.3, -0.25) is 4.79 Å². The van der Waals surface area contributed by atoms with Crippen LogP contribution in [0.5, 0.6) is 0 Å². The first-order valence-electron chi connectivity index (χ1n) is 5.82. The molecule has 1 aromatic carbocycles. The lowest BCUT2D eigenvalue weighted by atomic mass is 10.1. The molecule has 0 saturated heterocycles. The summed E-state index contributed by atoms with van der Waals surface area (Å²) in [6.45, 7) is 0. The molecule has 0 heterocycles. The second kappa shape index (κ2) is 7.44. The van der Waals surface area contributed by atoms with Gasteiger partial charge in [-0.05, 0) is 25.0 Å². The van der Waals surface area contributed by atoms with Gasteiger partial charge in [-0.2, -0.15) is 0 Å². The molecule has 0 aliphatic rings. The van der Waals surface area contributed by atoms with Gasteiger partial charge in [0.05, 0.1) is 11.4 Å². The molecule has 0 unspecified atom stereocenters. The fraction of sp³-hybridized carbons (Fsp3) is 0.385. The van der Waals surface area contributed by atoms with E-state index in [0.29, 0.717) is 24.2 Å². The Morgan fingerprint density at radius 2 is 2.00 bits per heavy atom. The molecule has 4 heteroatoms. The molecule has 0 atom stereocenters. The van der Waals surface area contributed by atoms with Gasteiger partial charge in [0.1, 0.15) is 6.29 Å². The summed E-state index contributed by atoms with van der Waals surface area (Å²) in [5.41, 5.74) is 6.94. The van der Waals surface area contributed by atoms with Crippen LogP contribution in [0.15, 0.2) is 24.3 Å². The Bertz CT molecular complexity index is 377. The molecule has 1 amide bonds. The maximum absolute atomic E-state index is 11.6. The van der Waals surface area contributed by atoms with E-state index in [1.54, 1.807) is 12.1 Å². The van der Waals surface area contributed by atoms with E-state index in [4.69, 9.17) is 5.73 Å². The Balaban J connectivity index is 2.25. The summed E-state index contributed by atoms with van der Waals surface area (Å²) in [5, 5.41) is 2.77. The van der Waals surface area contributed by atoms with E-state index in [-0.39, 0.29) is 5.91 Å². The minimum atomic E-state index is -0.0333. The van der Waals surface area contributed by atoms with Gasteiger partial charge in [0.15, 0.2) is 0 Å². The van der Waals surface area contributed by atoms with Crippen LogP contribution in [0, 0.1) is 0 Å². The molecule has 1 rings (SSSR count). The number of benzene rings is 1. The summed E-state index contributed by atoms with van der Waals surface area (Å²) >= 11 is 0. The minimum Gasteiger partial charge on any atom is -0.397 e. The third kappa shape index (κ3) is 5.15. The molecule has 0 aliphatic heterocycles. The average molecular weight is 234 g/mol. The summed E-state index contributed by atoms with van der Waals surface area (Å²) in [6, 6.07) is 7.18. The van der Waals surface area contributed by atoms with Gasteiger partial charge in [0.25, 0.3) is 0 Å². The number of nitrogens with two attached hydrogens (primary N) is 1. The highest BCUT2D eigenvalue weighted by Crippen LogP contribution is 2.17. The Kier molecular flexibility index (Phi) is 5.79. The second-order valence-electron chi connectivity index (χ2n) is 3.90. The second-order valence-corrected chi connectivity index (χ2v) is 3.90. The van der Waals surface area contributed by atoms with Crippen LogP contribution in [0.2, 0.25) is 0 Å². The van der Waals surface area contributed by atoms with E-state index in [1.807, 2.05) is 12.1 Å². The standard InChI is InChI=1S/C13H18N2O2/c14-11-7-4-5-8-12(11)15-13(17)9-3-1-2-6-10-16/h4-5,7-8,10H,1-3,6,9,14H2,(H,15,17). The molecule has 0 radical (unpaired) electrons. The van der Waals surface area contributed by atoms with Gasteiger partial charge in [-0.1, -0.05) is 18.6 Å². The topological polar surface area (TPSA) is 72.2 Å². The van der Waals surface area contributed by atoms with Crippen molar-refractivity contribution >= 4 is 23.6 Å². The number of rotatable bonds is 7. The number of hydrogen-bond donors (Lipinski definition) is 2. The van der Waals surface area contributed by atoms with Crippen LogP contribution in [-0.4, -0.2) is 12.2 Å². The van der Waals surface area contributed by atoms with Crippen molar-refractivity contribution in [2.45, 2.75) is 32.1 Å². The highest BCUT2D eigenvalue weighted by molar-refractivity contribution is 5.93. The summed E-state index contributed by atoms with van der Waals surface area (Å²) in [7, 11) is 0. The van der Waals surface area contributed by atoms with Crippen molar-refractivity contribution in [1.29, 1.82) is 0 Å². The minimum absolute atomic E-state index is 0.0333. The highest BCUT2D eigenvalue weighted by Gasteiger charge is 2.03. The van der Waals surface area contributed by atoms with E-state index in [9.17, 15) is 9.59 Å². The van der Waals surface area contributed by atoms with E-state index in [0.717, 1.165) is 25.5 Å². The number of anilines is 2. The van der Waals surface area contributed by atoms with Gasteiger partial charge in [-0.25, -0.2) is 0 Å². The van der Waals surface area contributed by atoms with Crippen molar-refractivity contribution in [3.8, 4) is 0 Å². The van der Waals surface area contributed by atoms with E-state index < -0.39 is 0 Å². The molecule has 0 fully saturated rings. The molecule has 0 aliphatic carbocycles. The lowest BCUT2D eigenvalue weighted by molar-refractivity contribution is -0.116. The predicted octanol–water partition coefficient (Wildman–Crippen LogP) is 2.36. The molecule has 3 N–H and O–H groups in total. The molecule has 0 saturated carbocycles. The van der Waals surface area contributed by atoms with Gasteiger partial charge < -0.3 is 15.8 Å². The third-order valence-corrected chi connectivity index (χ3v) is 2.46. The first-order valence-corrected chi connectivity index (χ1v) is 5.82. The van der Waals surface area contributed by atoms with Crippen molar-refractivity contribution in [1.82, 2.24) is 0 Å². The fourth-order valence-electron chi connectivity index (χ4n) is 1.51. The number of unbranched alkanes of at least 4 members (excludes halogenated alkanes) is 3. The Hall–Kier alpha value is -1.84. The molecular formula is C13H18N2O2. The van der Waals surface area contributed by atoms with Crippen LogP contribution in [-0.2, 0) is 9.59 Å². The first kappa shape index (κ1) is 13.2. The van der Waals surface area contributed by atoms with Crippen molar-refractivity contribution < 1.29 is 9.59 Å². The molecule has 0 aromatic heterocycles. The fourth-order valence-corrected chi connectivity index (χ4v) is 1.51. The number of para-hydroxylation sites is 2. The van der Waals surface area contributed by atoms with Gasteiger partial charge in [-0.15, -0.1) is 0 Å². The molecular weight excluding hydrogens is 216 g/mol. The Morgan fingerprint density at radius 1 is 1.24 bits per heavy atom. The molecule has 4 nitrogen and oxygen atoms in total. The SMILES string of the molecule is Nc1ccccc1NC(=O)CCCCCC=O. The zero-order chi connectivity index (χ0) is 12.5. The van der Waals surface area contributed by atoms with Gasteiger partial charge in [0, 0.05) is 12.8 Å². The van der Waals surface area contributed by atoms with Crippen LogP contribution in [0.3, 0.4) is 0 Å². The van der Waals surface area contributed by atoms with Crippen molar-refractivity contribution in [3.05, 3.63) is 24.3 Å². The largest absolute Gasteiger partial charge is 0.397 e. The summed E-state index contributed by atoms with van der Waals surface area (Å²) in [5.74, 6) is -0.0333. The van der Waals surface area contributed by atoms with Crippen molar-refractivity contribution in [3.63, 3.8) is 0 Å². The number of nitrogens with one attached hydrogen (secondary N) is 1. The van der Waals surface area contributed by atoms with Gasteiger partial charge >= 0.3 is 0 Å². The predicted molar refractivity (Wildman–Crippen MR) is 68.6 cm³/mol. The van der Waals surface area contributed by atoms with Crippen LogP contribution < -0.4 is 11.1 Å². The van der Waals surface area contributed by atoms with Crippen LogP contribution >= 0.6 is 0 Å². The zero-order valence-electron chi connectivity index (χ0n) is 9.82. The number of amides is 1. The normalized spacial score (nSPS) is 9.88. The van der Waals surface area contributed by atoms with Gasteiger partial charge in [0.2, 0.25) is 5.91 Å². The van der Waals surface area contributed by atoms with E-state index in [1.165, 1.54) is 0 Å². The summed E-state index contributed by atoms with van der Waals surface area (Å²) < 4.78 is 0. The molecule has 92 valence electrons.